The minimum Gasteiger partial charge on any atom is -0.369 e. The molecule has 4 heteroatoms. The summed E-state index contributed by atoms with van der Waals surface area (Å²) in [7, 11) is 0. The summed E-state index contributed by atoms with van der Waals surface area (Å²) in [4.78, 5) is 11.2. The molecule has 1 aromatic heterocycles. The third kappa shape index (κ3) is 2.68. The van der Waals surface area contributed by atoms with Crippen molar-refractivity contribution < 1.29 is 0 Å². The molecule has 1 fully saturated rings. The van der Waals surface area contributed by atoms with Gasteiger partial charge in [-0.1, -0.05) is 19.1 Å². The van der Waals surface area contributed by atoms with Crippen LogP contribution in [0.25, 0.3) is 10.9 Å². The fourth-order valence-corrected chi connectivity index (χ4v) is 2.75. The van der Waals surface area contributed by atoms with E-state index >= 15 is 0 Å². The van der Waals surface area contributed by atoms with Crippen molar-refractivity contribution in [1.82, 2.24) is 14.9 Å². The Labute approximate surface area is 113 Å². The fourth-order valence-electron chi connectivity index (χ4n) is 2.75. The Morgan fingerprint density at radius 3 is 3.05 bits per heavy atom. The van der Waals surface area contributed by atoms with Crippen molar-refractivity contribution in [3.8, 4) is 0 Å². The van der Waals surface area contributed by atoms with Crippen molar-refractivity contribution in [2.75, 3.05) is 31.5 Å². The van der Waals surface area contributed by atoms with Crippen LogP contribution in [0, 0.1) is 5.92 Å². The number of anilines is 1. The molecule has 100 valence electrons. The lowest BCUT2D eigenvalue weighted by Gasteiger charge is -2.14. The van der Waals surface area contributed by atoms with Gasteiger partial charge in [0.05, 0.1) is 5.52 Å². The van der Waals surface area contributed by atoms with E-state index in [1.165, 1.54) is 19.5 Å². The predicted molar refractivity (Wildman–Crippen MR) is 78.2 cm³/mol. The van der Waals surface area contributed by atoms with Crippen LogP contribution < -0.4 is 5.32 Å². The molecule has 4 nitrogen and oxygen atoms in total. The van der Waals surface area contributed by atoms with Crippen LogP contribution in [0.4, 0.5) is 5.82 Å². The average molecular weight is 256 g/mol. The first-order valence-electron chi connectivity index (χ1n) is 7.03. The van der Waals surface area contributed by atoms with E-state index < -0.39 is 0 Å². The highest BCUT2D eigenvalue weighted by Gasteiger charge is 2.20. The third-order valence-electron chi connectivity index (χ3n) is 3.92. The Morgan fingerprint density at radius 2 is 2.21 bits per heavy atom. The summed E-state index contributed by atoms with van der Waals surface area (Å²) in [6, 6.07) is 8.14. The van der Waals surface area contributed by atoms with Crippen LogP contribution in [0.2, 0.25) is 0 Å². The first-order valence-corrected chi connectivity index (χ1v) is 7.03. The molecule has 0 spiro atoms. The fraction of sp³-hybridized carbons (Fsp3) is 0.467. The largest absolute Gasteiger partial charge is 0.369 e. The van der Waals surface area contributed by atoms with E-state index in [1.807, 2.05) is 18.2 Å². The topological polar surface area (TPSA) is 41.0 Å². The number of fused-ring (bicyclic) bond motifs is 1. The Hall–Kier alpha value is -1.68. The van der Waals surface area contributed by atoms with E-state index in [9.17, 15) is 0 Å². The minimum atomic E-state index is 0.730. The monoisotopic (exact) mass is 256 g/mol. The number of para-hydroxylation sites is 1. The second-order valence-electron chi connectivity index (χ2n) is 5.17. The van der Waals surface area contributed by atoms with E-state index in [1.54, 1.807) is 6.33 Å². The van der Waals surface area contributed by atoms with Crippen molar-refractivity contribution in [3.05, 3.63) is 30.6 Å². The summed E-state index contributed by atoms with van der Waals surface area (Å²) in [6.45, 7) is 6.82. The molecule has 1 aliphatic rings. The SMILES string of the molecule is CCN1CCC(CNc2ncnc3ccccc23)C1. The van der Waals surface area contributed by atoms with E-state index in [2.05, 4.69) is 33.2 Å². The maximum atomic E-state index is 4.37. The van der Waals surface area contributed by atoms with Crippen LogP contribution in [0.1, 0.15) is 13.3 Å². The van der Waals surface area contributed by atoms with Crippen LogP contribution in [-0.2, 0) is 0 Å². The minimum absolute atomic E-state index is 0.730. The van der Waals surface area contributed by atoms with Crippen molar-refractivity contribution >= 4 is 16.7 Å². The van der Waals surface area contributed by atoms with E-state index in [-0.39, 0.29) is 0 Å². The highest BCUT2D eigenvalue weighted by atomic mass is 15.1. The van der Waals surface area contributed by atoms with Gasteiger partial charge in [0, 0.05) is 18.5 Å². The van der Waals surface area contributed by atoms with Gasteiger partial charge < -0.3 is 10.2 Å². The van der Waals surface area contributed by atoms with Gasteiger partial charge >= 0.3 is 0 Å². The zero-order chi connectivity index (χ0) is 13.1. The Balaban J connectivity index is 1.69. The molecule has 0 saturated carbocycles. The average Bonchev–Trinajstić information content (AvgIpc) is 2.93. The molecule has 2 aromatic rings. The molecule has 19 heavy (non-hydrogen) atoms. The maximum absolute atomic E-state index is 4.37. The number of benzene rings is 1. The highest BCUT2D eigenvalue weighted by Crippen LogP contribution is 2.20. The van der Waals surface area contributed by atoms with E-state index in [0.717, 1.165) is 35.7 Å². The van der Waals surface area contributed by atoms with Gasteiger partial charge in [-0.2, -0.15) is 0 Å². The summed E-state index contributed by atoms with van der Waals surface area (Å²) in [5.74, 6) is 1.69. The van der Waals surface area contributed by atoms with Crippen LogP contribution >= 0.6 is 0 Å². The first kappa shape index (κ1) is 12.4. The van der Waals surface area contributed by atoms with Gasteiger partial charge in [-0.3, -0.25) is 0 Å². The lowest BCUT2D eigenvalue weighted by atomic mass is 10.1. The molecule has 0 aliphatic carbocycles. The van der Waals surface area contributed by atoms with Gasteiger partial charge in [-0.25, -0.2) is 9.97 Å². The lowest BCUT2D eigenvalue weighted by Crippen LogP contribution is -2.22. The molecule has 1 unspecified atom stereocenters. The summed E-state index contributed by atoms with van der Waals surface area (Å²) in [5, 5.41) is 4.60. The Bertz CT molecular complexity index is 549. The van der Waals surface area contributed by atoms with Gasteiger partial charge in [0.15, 0.2) is 0 Å². The predicted octanol–water partition coefficient (Wildman–Crippen LogP) is 2.38. The summed E-state index contributed by atoms with van der Waals surface area (Å²) < 4.78 is 0. The molecule has 2 heterocycles. The molecule has 1 aliphatic heterocycles. The zero-order valence-corrected chi connectivity index (χ0v) is 11.3. The zero-order valence-electron chi connectivity index (χ0n) is 11.3. The molecular weight excluding hydrogens is 236 g/mol. The number of nitrogens with zero attached hydrogens (tertiary/aromatic N) is 3. The second-order valence-corrected chi connectivity index (χ2v) is 5.17. The Morgan fingerprint density at radius 1 is 1.32 bits per heavy atom. The molecule has 1 aromatic carbocycles. The quantitative estimate of drug-likeness (QED) is 0.912. The molecular formula is C15H20N4. The van der Waals surface area contributed by atoms with Gasteiger partial charge in [0.1, 0.15) is 12.1 Å². The number of hydrogen-bond donors (Lipinski definition) is 1. The number of aromatic nitrogens is 2. The van der Waals surface area contributed by atoms with Crippen LogP contribution in [0.3, 0.4) is 0 Å². The molecule has 3 rings (SSSR count). The summed E-state index contributed by atoms with van der Waals surface area (Å²) in [5.41, 5.74) is 1.00. The number of rotatable bonds is 4. The van der Waals surface area contributed by atoms with E-state index in [4.69, 9.17) is 0 Å². The molecule has 1 N–H and O–H groups in total. The van der Waals surface area contributed by atoms with Crippen molar-refractivity contribution in [3.63, 3.8) is 0 Å². The molecule has 0 radical (unpaired) electrons. The molecule has 0 bridgehead atoms. The molecule has 1 atom stereocenters. The third-order valence-corrected chi connectivity index (χ3v) is 3.92. The second kappa shape index (κ2) is 5.53. The van der Waals surface area contributed by atoms with Crippen molar-refractivity contribution in [1.29, 1.82) is 0 Å². The maximum Gasteiger partial charge on any atom is 0.137 e. The number of nitrogens with one attached hydrogen (secondary N) is 1. The smallest absolute Gasteiger partial charge is 0.137 e. The molecule has 1 saturated heterocycles. The van der Waals surface area contributed by atoms with Gasteiger partial charge in [-0.15, -0.1) is 0 Å². The number of hydrogen-bond acceptors (Lipinski definition) is 4. The van der Waals surface area contributed by atoms with Crippen LogP contribution in [0.5, 0.6) is 0 Å². The van der Waals surface area contributed by atoms with Gasteiger partial charge in [0.2, 0.25) is 0 Å². The lowest BCUT2D eigenvalue weighted by molar-refractivity contribution is 0.345. The van der Waals surface area contributed by atoms with Crippen molar-refractivity contribution in [2.45, 2.75) is 13.3 Å². The van der Waals surface area contributed by atoms with Gasteiger partial charge in [0.25, 0.3) is 0 Å². The van der Waals surface area contributed by atoms with Crippen LogP contribution in [-0.4, -0.2) is 41.0 Å². The number of likely N-dealkylation sites (tertiary alicyclic amines) is 1. The normalized spacial score (nSPS) is 19.9. The van der Waals surface area contributed by atoms with E-state index in [0.29, 0.717) is 0 Å². The Kier molecular flexibility index (Phi) is 3.60. The first-order chi connectivity index (χ1) is 9.36. The molecule has 0 amide bonds. The van der Waals surface area contributed by atoms with Gasteiger partial charge in [-0.05, 0) is 37.6 Å². The summed E-state index contributed by atoms with van der Waals surface area (Å²) >= 11 is 0. The van der Waals surface area contributed by atoms with Crippen LogP contribution in [0.15, 0.2) is 30.6 Å². The highest BCUT2D eigenvalue weighted by molar-refractivity contribution is 5.88. The standard InChI is InChI=1S/C15H20N4/c1-2-19-8-7-12(10-19)9-16-15-13-5-3-4-6-14(13)17-11-18-15/h3-6,11-12H,2,7-10H2,1H3,(H,16,17,18). The summed E-state index contributed by atoms with van der Waals surface area (Å²) in [6.07, 6.45) is 2.92. The van der Waals surface area contributed by atoms with Crippen molar-refractivity contribution in [2.24, 2.45) is 5.92 Å².